The van der Waals surface area contributed by atoms with E-state index in [9.17, 15) is 0 Å². The lowest BCUT2D eigenvalue weighted by atomic mass is 10.2. The molecule has 1 aliphatic heterocycles. The molecule has 0 aromatic carbocycles. The van der Waals surface area contributed by atoms with Crippen LogP contribution in [0.5, 0.6) is 0 Å². The van der Waals surface area contributed by atoms with Gasteiger partial charge in [0, 0.05) is 36.7 Å². The van der Waals surface area contributed by atoms with Crippen molar-refractivity contribution in [3.63, 3.8) is 0 Å². The molecule has 0 radical (unpaired) electrons. The topological polar surface area (TPSA) is 32.7 Å². The van der Waals surface area contributed by atoms with Gasteiger partial charge >= 0.3 is 0 Å². The molecule has 0 saturated carbocycles. The summed E-state index contributed by atoms with van der Waals surface area (Å²) in [4.78, 5) is 2.48. The van der Waals surface area contributed by atoms with E-state index in [0.29, 0.717) is 17.4 Å². The zero-order valence-electron chi connectivity index (χ0n) is 10.7. The first-order valence-electron chi connectivity index (χ1n) is 6.21. The standard InChI is InChI=1S/C12H25NO2S/c1-10(2)13-5-7-15-12(8-13)9-16-11(3)4-6-14/h10-12,14H,4-9H2,1-3H3. The molecular formula is C12H25NO2S. The molecule has 1 aliphatic rings. The average Bonchev–Trinajstić information content (AvgIpc) is 2.27. The van der Waals surface area contributed by atoms with Crippen LogP contribution in [0, 0.1) is 0 Å². The smallest absolute Gasteiger partial charge is 0.0793 e. The predicted molar refractivity (Wildman–Crippen MR) is 70.1 cm³/mol. The highest BCUT2D eigenvalue weighted by atomic mass is 32.2. The molecule has 0 aliphatic carbocycles. The van der Waals surface area contributed by atoms with Gasteiger partial charge in [-0.25, -0.2) is 0 Å². The molecule has 1 fully saturated rings. The maximum atomic E-state index is 8.84. The van der Waals surface area contributed by atoms with Crippen molar-refractivity contribution in [1.82, 2.24) is 4.90 Å². The van der Waals surface area contributed by atoms with Gasteiger partial charge in [0.2, 0.25) is 0 Å². The Morgan fingerprint density at radius 1 is 1.44 bits per heavy atom. The second-order valence-corrected chi connectivity index (χ2v) is 6.21. The number of ether oxygens (including phenoxy) is 1. The van der Waals surface area contributed by atoms with E-state index < -0.39 is 0 Å². The van der Waals surface area contributed by atoms with Gasteiger partial charge in [-0.15, -0.1) is 0 Å². The number of morpholine rings is 1. The van der Waals surface area contributed by atoms with Gasteiger partial charge in [0.1, 0.15) is 0 Å². The largest absolute Gasteiger partial charge is 0.396 e. The third-order valence-electron chi connectivity index (χ3n) is 3.00. The summed E-state index contributed by atoms with van der Waals surface area (Å²) >= 11 is 1.91. The van der Waals surface area contributed by atoms with Crippen molar-refractivity contribution in [3.05, 3.63) is 0 Å². The lowest BCUT2D eigenvalue weighted by Gasteiger charge is -2.35. The Morgan fingerprint density at radius 2 is 2.19 bits per heavy atom. The maximum Gasteiger partial charge on any atom is 0.0793 e. The Bertz CT molecular complexity index is 190. The van der Waals surface area contributed by atoms with E-state index in [1.54, 1.807) is 0 Å². The fourth-order valence-electron chi connectivity index (χ4n) is 1.85. The fraction of sp³-hybridized carbons (Fsp3) is 1.00. The molecule has 0 amide bonds. The predicted octanol–water partition coefficient (Wildman–Crippen LogP) is 1.60. The number of aliphatic hydroxyl groups is 1. The minimum absolute atomic E-state index is 0.289. The summed E-state index contributed by atoms with van der Waals surface area (Å²) < 4.78 is 5.76. The molecule has 4 heteroatoms. The summed E-state index contributed by atoms with van der Waals surface area (Å²) in [6, 6.07) is 0.617. The van der Waals surface area contributed by atoms with Crippen LogP contribution >= 0.6 is 11.8 Å². The molecular weight excluding hydrogens is 222 g/mol. The van der Waals surface area contributed by atoms with E-state index in [4.69, 9.17) is 9.84 Å². The summed E-state index contributed by atoms with van der Waals surface area (Å²) in [5.74, 6) is 1.05. The summed E-state index contributed by atoms with van der Waals surface area (Å²) in [7, 11) is 0. The molecule has 2 atom stereocenters. The van der Waals surface area contributed by atoms with Crippen LogP contribution in [-0.2, 0) is 4.74 Å². The van der Waals surface area contributed by atoms with Crippen molar-refractivity contribution in [1.29, 1.82) is 0 Å². The Balaban J connectivity index is 2.21. The van der Waals surface area contributed by atoms with E-state index in [-0.39, 0.29) is 6.61 Å². The molecule has 0 bridgehead atoms. The Morgan fingerprint density at radius 3 is 2.81 bits per heavy atom. The van der Waals surface area contributed by atoms with Gasteiger partial charge in [-0.3, -0.25) is 4.90 Å². The second-order valence-electron chi connectivity index (χ2n) is 4.74. The van der Waals surface area contributed by atoms with E-state index >= 15 is 0 Å². The number of hydrogen-bond acceptors (Lipinski definition) is 4. The molecule has 0 aromatic rings. The molecule has 96 valence electrons. The molecule has 1 saturated heterocycles. The third kappa shape index (κ3) is 5.04. The highest BCUT2D eigenvalue weighted by Crippen LogP contribution is 2.18. The number of rotatable bonds is 6. The number of hydrogen-bond donors (Lipinski definition) is 1. The zero-order chi connectivity index (χ0) is 12.0. The van der Waals surface area contributed by atoms with Gasteiger partial charge in [0.05, 0.1) is 12.7 Å². The van der Waals surface area contributed by atoms with Crippen molar-refractivity contribution in [2.45, 2.75) is 44.6 Å². The summed E-state index contributed by atoms with van der Waals surface area (Å²) in [6.45, 7) is 9.91. The molecule has 0 spiro atoms. The van der Waals surface area contributed by atoms with Gasteiger partial charge in [-0.05, 0) is 20.3 Å². The van der Waals surface area contributed by atoms with Crippen LogP contribution in [0.1, 0.15) is 27.2 Å². The van der Waals surface area contributed by atoms with Crippen molar-refractivity contribution in [3.8, 4) is 0 Å². The van der Waals surface area contributed by atoms with Crippen LogP contribution in [0.15, 0.2) is 0 Å². The second kappa shape index (κ2) is 7.54. The average molecular weight is 247 g/mol. The number of nitrogens with zero attached hydrogens (tertiary/aromatic N) is 1. The van der Waals surface area contributed by atoms with Crippen LogP contribution in [0.4, 0.5) is 0 Å². The first-order chi connectivity index (χ1) is 7.63. The van der Waals surface area contributed by atoms with Crippen LogP contribution in [0.2, 0.25) is 0 Å². The summed E-state index contributed by atoms with van der Waals surface area (Å²) in [5.41, 5.74) is 0. The highest BCUT2D eigenvalue weighted by Gasteiger charge is 2.22. The van der Waals surface area contributed by atoms with Crippen molar-refractivity contribution < 1.29 is 9.84 Å². The number of aliphatic hydroxyl groups excluding tert-OH is 1. The molecule has 1 N–H and O–H groups in total. The SMILES string of the molecule is CC(CCO)SCC1CN(C(C)C)CCO1. The summed E-state index contributed by atoms with van der Waals surface area (Å²) in [6.07, 6.45) is 1.24. The first-order valence-corrected chi connectivity index (χ1v) is 7.26. The monoisotopic (exact) mass is 247 g/mol. The van der Waals surface area contributed by atoms with Gasteiger partial charge in [-0.1, -0.05) is 6.92 Å². The van der Waals surface area contributed by atoms with E-state index in [1.807, 2.05) is 11.8 Å². The molecule has 1 heterocycles. The minimum atomic E-state index is 0.289. The van der Waals surface area contributed by atoms with Crippen LogP contribution in [0.25, 0.3) is 0 Å². The lowest BCUT2D eigenvalue weighted by Crippen LogP contribution is -2.46. The van der Waals surface area contributed by atoms with Crippen molar-refractivity contribution in [2.75, 3.05) is 32.1 Å². The van der Waals surface area contributed by atoms with Gasteiger partial charge in [0.25, 0.3) is 0 Å². The Hall–Kier alpha value is 0.230. The summed E-state index contributed by atoms with van der Waals surface area (Å²) in [5, 5.41) is 9.37. The van der Waals surface area contributed by atoms with Gasteiger partial charge in [-0.2, -0.15) is 11.8 Å². The zero-order valence-corrected chi connectivity index (χ0v) is 11.5. The Labute approximate surface area is 104 Å². The molecule has 0 aromatic heterocycles. The quantitative estimate of drug-likeness (QED) is 0.773. The van der Waals surface area contributed by atoms with E-state index in [0.717, 1.165) is 31.9 Å². The molecule has 2 unspecified atom stereocenters. The lowest BCUT2D eigenvalue weighted by molar-refractivity contribution is -0.0265. The van der Waals surface area contributed by atoms with Crippen LogP contribution in [0.3, 0.4) is 0 Å². The van der Waals surface area contributed by atoms with Crippen LogP contribution < -0.4 is 0 Å². The minimum Gasteiger partial charge on any atom is -0.396 e. The maximum absolute atomic E-state index is 8.84. The van der Waals surface area contributed by atoms with E-state index in [1.165, 1.54) is 0 Å². The molecule has 16 heavy (non-hydrogen) atoms. The first kappa shape index (κ1) is 14.3. The fourth-order valence-corrected chi connectivity index (χ4v) is 2.87. The van der Waals surface area contributed by atoms with Crippen LogP contribution in [-0.4, -0.2) is 59.5 Å². The van der Waals surface area contributed by atoms with Crippen molar-refractivity contribution in [2.24, 2.45) is 0 Å². The van der Waals surface area contributed by atoms with Gasteiger partial charge in [0.15, 0.2) is 0 Å². The van der Waals surface area contributed by atoms with E-state index in [2.05, 4.69) is 25.7 Å². The third-order valence-corrected chi connectivity index (χ3v) is 4.37. The molecule has 1 rings (SSSR count). The molecule has 3 nitrogen and oxygen atoms in total. The van der Waals surface area contributed by atoms with Gasteiger partial charge < -0.3 is 9.84 Å². The highest BCUT2D eigenvalue weighted by molar-refractivity contribution is 7.99. The van der Waals surface area contributed by atoms with Crippen molar-refractivity contribution >= 4 is 11.8 Å². The normalized spacial score (nSPS) is 24.9. The Kier molecular flexibility index (Phi) is 6.73. The number of thioether (sulfide) groups is 1.